The van der Waals surface area contributed by atoms with E-state index in [-0.39, 0.29) is 42.3 Å². The van der Waals surface area contributed by atoms with E-state index in [1.807, 2.05) is 50.2 Å². The van der Waals surface area contributed by atoms with Gasteiger partial charge < -0.3 is 39.3 Å². The van der Waals surface area contributed by atoms with Crippen molar-refractivity contribution in [3.05, 3.63) is 72.4 Å². The average Bonchev–Trinajstić information content (AvgIpc) is 3.99. The predicted octanol–water partition coefficient (Wildman–Crippen LogP) is 6.35. The van der Waals surface area contributed by atoms with Crippen molar-refractivity contribution in [2.75, 3.05) is 33.9 Å². The molecule has 54 heavy (non-hydrogen) atoms. The van der Waals surface area contributed by atoms with Gasteiger partial charge in [0.1, 0.15) is 30.0 Å². The molecule has 14 heteroatoms. The van der Waals surface area contributed by atoms with E-state index in [4.69, 9.17) is 19.1 Å². The number of hydrogen-bond acceptors (Lipinski definition) is 9. The maximum Gasteiger partial charge on any atom is 0.407 e. The maximum atomic E-state index is 13.7. The number of oxazole rings is 1. The van der Waals surface area contributed by atoms with Crippen molar-refractivity contribution in [2.24, 2.45) is 11.8 Å². The Morgan fingerprint density at radius 3 is 2.22 bits per heavy atom. The van der Waals surface area contributed by atoms with E-state index in [9.17, 15) is 19.2 Å². The standard InChI is InChI=1S/C40H45N7O7/c1-22(2)35(45-40(51)53-5)38(49)47-21-23(3)17-32(47)37-44-30-19-27(13-15-33(30)54-37)25-10-8-24(9-11-25)26-12-14-28-29(18-26)43-36(42-28)31-7-6-16-46(31)34(48)20-41-39(50)52-4/h8-15,18-19,22-23,31-32,35H,6-7,16-17,20-21H2,1-5H3,(H,41,50)(H,42,43)(H,45,51)/t23-,31-,32?,35-/m0/s1. The summed E-state index contributed by atoms with van der Waals surface area (Å²) in [5.74, 6) is 0.948. The van der Waals surface area contributed by atoms with Crippen LogP contribution in [0.25, 0.3) is 44.4 Å². The Bertz CT molecular complexity index is 2190. The van der Waals surface area contributed by atoms with Gasteiger partial charge in [0, 0.05) is 13.1 Å². The number of carbonyl (C=O) groups excluding carboxylic acids is 4. The molecular formula is C40H45N7O7. The summed E-state index contributed by atoms with van der Waals surface area (Å²) in [6.07, 6.45) is 1.06. The van der Waals surface area contributed by atoms with Gasteiger partial charge in [-0.15, -0.1) is 0 Å². The molecule has 2 fully saturated rings. The van der Waals surface area contributed by atoms with E-state index in [1.54, 1.807) is 9.80 Å². The summed E-state index contributed by atoms with van der Waals surface area (Å²) in [6, 6.07) is 19.0. The predicted molar refractivity (Wildman–Crippen MR) is 201 cm³/mol. The molecule has 4 amide bonds. The molecule has 4 heterocycles. The number of benzene rings is 3. The molecule has 282 valence electrons. The Kier molecular flexibility index (Phi) is 10.3. The van der Waals surface area contributed by atoms with Crippen molar-refractivity contribution in [1.82, 2.24) is 35.4 Å². The number of carbonyl (C=O) groups is 4. The van der Waals surface area contributed by atoms with E-state index in [1.165, 1.54) is 14.2 Å². The minimum absolute atomic E-state index is 0.129. The summed E-state index contributed by atoms with van der Waals surface area (Å²) < 4.78 is 15.6. The minimum Gasteiger partial charge on any atom is -0.453 e. The Morgan fingerprint density at radius 1 is 0.870 bits per heavy atom. The van der Waals surface area contributed by atoms with Gasteiger partial charge in [0.15, 0.2) is 5.58 Å². The number of ether oxygens (including phenoxy) is 2. The molecule has 2 aliphatic heterocycles. The number of hydrogen-bond donors (Lipinski definition) is 3. The quantitative estimate of drug-likeness (QED) is 0.156. The molecule has 4 atom stereocenters. The molecule has 2 saturated heterocycles. The van der Waals surface area contributed by atoms with Crippen LogP contribution in [0.5, 0.6) is 0 Å². The number of imidazole rings is 1. The molecule has 0 bridgehead atoms. The Labute approximate surface area is 312 Å². The number of likely N-dealkylation sites (tertiary alicyclic amines) is 2. The van der Waals surface area contributed by atoms with Crippen LogP contribution in [0.4, 0.5) is 9.59 Å². The van der Waals surface area contributed by atoms with Crippen LogP contribution < -0.4 is 10.6 Å². The van der Waals surface area contributed by atoms with E-state index in [0.717, 1.165) is 52.0 Å². The van der Waals surface area contributed by atoms with Gasteiger partial charge in [-0.3, -0.25) is 9.59 Å². The van der Waals surface area contributed by atoms with Gasteiger partial charge in [0.25, 0.3) is 0 Å². The van der Waals surface area contributed by atoms with Gasteiger partial charge in [0.05, 0.1) is 31.3 Å². The number of aromatic amines is 1. The number of rotatable bonds is 9. The van der Waals surface area contributed by atoms with Crippen molar-refractivity contribution in [3.8, 4) is 22.3 Å². The van der Waals surface area contributed by atoms with Crippen LogP contribution in [-0.4, -0.2) is 88.6 Å². The zero-order chi connectivity index (χ0) is 38.1. The van der Waals surface area contributed by atoms with Crippen LogP contribution in [0.15, 0.2) is 65.1 Å². The van der Waals surface area contributed by atoms with Crippen LogP contribution in [0, 0.1) is 11.8 Å². The lowest BCUT2D eigenvalue weighted by atomic mass is 10.00. The van der Waals surface area contributed by atoms with Crippen LogP contribution in [0.2, 0.25) is 0 Å². The zero-order valence-corrected chi connectivity index (χ0v) is 31.0. The molecule has 1 unspecified atom stereocenters. The molecule has 0 saturated carbocycles. The van der Waals surface area contributed by atoms with Gasteiger partial charge in [-0.2, -0.15) is 0 Å². The molecule has 7 rings (SSSR count). The third-order valence-electron chi connectivity index (χ3n) is 10.4. The molecule has 14 nitrogen and oxygen atoms in total. The smallest absolute Gasteiger partial charge is 0.407 e. The van der Waals surface area contributed by atoms with E-state index in [0.29, 0.717) is 36.5 Å². The largest absolute Gasteiger partial charge is 0.453 e. The Morgan fingerprint density at radius 2 is 1.54 bits per heavy atom. The Balaban J connectivity index is 1.07. The van der Waals surface area contributed by atoms with Crippen molar-refractivity contribution in [2.45, 2.75) is 58.2 Å². The Hall–Kier alpha value is -5.92. The van der Waals surface area contributed by atoms with Crippen LogP contribution in [0.3, 0.4) is 0 Å². The number of aromatic nitrogens is 3. The van der Waals surface area contributed by atoms with Crippen molar-refractivity contribution < 1.29 is 33.1 Å². The van der Waals surface area contributed by atoms with Crippen LogP contribution in [0.1, 0.15) is 63.8 Å². The molecule has 0 aliphatic carbocycles. The SMILES string of the molecule is COC(=O)NCC(=O)N1CCC[C@H]1c1nc2cc(-c3ccc(-c4ccc5oc(C6C[C@H](C)CN6C(=O)[C@@H](NC(=O)OC)C(C)C)nc5c4)cc3)ccc2[nH]1. The van der Waals surface area contributed by atoms with Gasteiger partial charge in [-0.25, -0.2) is 19.6 Å². The first kappa shape index (κ1) is 36.4. The van der Waals surface area contributed by atoms with Gasteiger partial charge in [0.2, 0.25) is 17.7 Å². The molecule has 2 aliphatic rings. The normalized spacial score (nSPS) is 19.0. The summed E-state index contributed by atoms with van der Waals surface area (Å²) in [5, 5.41) is 5.16. The molecule has 3 aromatic carbocycles. The second kappa shape index (κ2) is 15.2. The fourth-order valence-corrected chi connectivity index (χ4v) is 7.56. The van der Waals surface area contributed by atoms with Gasteiger partial charge in [-0.1, -0.05) is 57.2 Å². The van der Waals surface area contributed by atoms with E-state index < -0.39 is 18.2 Å². The van der Waals surface area contributed by atoms with Gasteiger partial charge >= 0.3 is 12.2 Å². The molecule has 0 spiro atoms. The third kappa shape index (κ3) is 7.32. The molecule has 2 aromatic heterocycles. The monoisotopic (exact) mass is 735 g/mol. The summed E-state index contributed by atoms with van der Waals surface area (Å²) in [7, 11) is 2.55. The lowest BCUT2D eigenvalue weighted by Gasteiger charge is -2.29. The van der Waals surface area contributed by atoms with Crippen LogP contribution >= 0.6 is 0 Å². The summed E-state index contributed by atoms with van der Waals surface area (Å²) in [5.41, 5.74) is 7.07. The number of fused-ring (bicyclic) bond motifs is 2. The molecule has 5 aromatic rings. The summed E-state index contributed by atoms with van der Waals surface area (Å²) >= 11 is 0. The topological polar surface area (TPSA) is 172 Å². The first-order valence-electron chi connectivity index (χ1n) is 18.3. The number of H-pyrrole nitrogens is 1. The second-order valence-corrected chi connectivity index (χ2v) is 14.5. The van der Waals surface area contributed by atoms with Crippen LogP contribution in [-0.2, 0) is 19.1 Å². The third-order valence-corrected chi connectivity index (χ3v) is 10.4. The molecular weight excluding hydrogens is 690 g/mol. The number of amides is 4. The summed E-state index contributed by atoms with van der Waals surface area (Å²) in [4.78, 5) is 66.7. The van der Waals surface area contributed by atoms with E-state index in [2.05, 4.69) is 51.5 Å². The molecule has 0 radical (unpaired) electrons. The minimum atomic E-state index is -0.730. The number of methoxy groups -OCH3 is 2. The van der Waals surface area contributed by atoms with Crippen molar-refractivity contribution >= 4 is 46.1 Å². The maximum absolute atomic E-state index is 13.7. The van der Waals surface area contributed by atoms with E-state index >= 15 is 0 Å². The van der Waals surface area contributed by atoms with Crippen molar-refractivity contribution in [1.29, 1.82) is 0 Å². The lowest BCUT2D eigenvalue weighted by Crippen LogP contribution is -2.51. The summed E-state index contributed by atoms with van der Waals surface area (Å²) in [6.45, 7) is 6.88. The average molecular weight is 736 g/mol. The number of nitrogens with one attached hydrogen (secondary N) is 3. The van der Waals surface area contributed by atoms with Crippen molar-refractivity contribution in [3.63, 3.8) is 0 Å². The second-order valence-electron chi connectivity index (χ2n) is 14.5. The highest BCUT2D eigenvalue weighted by Gasteiger charge is 2.41. The highest BCUT2D eigenvalue weighted by molar-refractivity contribution is 5.87. The number of nitrogens with zero attached hydrogens (tertiary/aromatic N) is 4. The molecule has 3 N–H and O–H groups in total. The highest BCUT2D eigenvalue weighted by Crippen LogP contribution is 2.38. The lowest BCUT2D eigenvalue weighted by molar-refractivity contribution is -0.136. The highest BCUT2D eigenvalue weighted by atomic mass is 16.5. The van der Waals surface area contributed by atoms with Gasteiger partial charge in [-0.05, 0) is 77.6 Å². The number of alkyl carbamates (subject to hydrolysis) is 2. The zero-order valence-electron chi connectivity index (χ0n) is 31.0. The fraction of sp³-hybridized carbons (Fsp3) is 0.400. The fourth-order valence-electron chi connectivity index (χ4n) is 7.56. The first-order chi connectivity index (χ1) is 26.0. The first-order valence-corrected chi connectivity index (χ1v) is 18.3.